The van der Waals surface area contributed by atoms with Crippen LogP contribution in [0.2, 0.25) is 0 Å². The van der Waals surface area contributed by atoms with Gasteiger partial charge < -0.3 is 14.5 Å². The quantitative estimate of drug-likeness (QED) is 0.747. The predicted molar refractivity (Wildman–Crippen MR) is 57.6 cm³/mol. The minimum Gasteiger partial charge on any atom is -0.463 e. The van der Waals surface area contributed by atoms with Gasteiger partial charge in [0, 0.05) is 0 Å². The van der Waals surface area contributed by atoms with Crippen molar-refractivity contribution < 1.29 is 19.1 Å². The van der Waals surface area contributed by atoms with Crippen molar-refractivity contribution in [1.82, 2.24) is 15.2 Å². The summed E-state index contributed by atoms with van der Waals surface area (Å²) >= 11 is 0. The molecular weight excluding hydrogens is 228 g/mol. The summed E-state index contributed by atoms with van der Waals surface area (Å²) in [4.78, 5) is 24.9. The molecule has 8 nitrogen and oxygen atoms in total. The first-order valence-corrected chi connectivity index (χ1v) is 4.83. The lowest BCUT2D eigenvalue weighted by Gasteiger charge is -2.18. The Balaban J connectivity index is 2.61. The number of rotatable bonds is 2. The van der Waals surface area contributed by atoms with Crippen molar-refractivity contribution in [3.63, 3.8) is 0 Å². The Labute approximate surface area is 97.7 Å². The molecule has 0 saturated carbocycles. The number of aromatic amines is 1. The third kappa shape index (κ3) is 4.09. The van der Waals surface area contributed by atoms with Crippen molar-refractivity contribution in [2.75, 3.05) is 12.4 Å². The second kappa shape index (κ2) is 4.81. The van der Waals surface area contributed by atoms with Crippen molar-refractivity contribution in [2.45, 2.75) is 26.4 Å². The van der Waals surface area contributed by atoms with Gasteiger partial charge in [-0.05, 0) is 20.8 Å². The maximum absolute atomic E-state index is 11.3. The van der Waals surface area contributed by atoms with Crippen LogP contribution in [0.5, 0.6) is 0 Å². The number of anilines is 1. The molecular formula is C9H14N4O4. The Morgan fingerprint density at radius 1 is 1.29 bits per heavy atom. The molecule has 0 radical (unpaired) electrons. The van der Waals surface area contributed by atoms with Gasteiger partial charge in [0.2, 0.25) is 11.8 Å². The average molecular weight is 242 g/mol. The molecule has 0 atom stereocenters. The highest BCUT2D eigenvalue weighted by atomic mass is 16.6. The van der Waals surface area contributed by atoms with E-state index in [1.807, 2.05) is 0 Å². The number of hydrogen-bond donors (Lipinski definition) is 2. The number of carbonyl (C=O) groups is 2. The Morgan fingerprint density at radius 3 is 2.47 bits per heavy atom. The second-order valence-corrected chi connectivity index (χ2v) is 4.14. The van der Waals surface area contributed by atoms with E-state index in [1.165, 1.54) is 7.11 Å². The first kappa shape index (κ1) is 12.9. The molecule has 1 aromatic rings. The predicted octanol–water partition coefficient (Wildman–Crippen LogP) is 0.938. The van der Waals surface area contributed by atoms with Gasteiger partial charge >= 0.3 is 12.1 Å². The lowest BCUT2D eigenvalue weighted by Crippen LogP contribution is -2.27. The average Bonchev–Trinajstić information content (AvgIpc) is 2.62. The number of H-pyrrole nitrogens is 1. The number of carbonyl (C=O) groups excluding carboxylic acids is 2. The van der Waals surface area contributed by atoms with Gasteiger partial charge in [-0.1, -0.05) is 0 Å². The van der Waals surface area contributed by atoms with E-state index in [1.54, 1.807) is 20.8 Å². The fourth-order valence-electron chi connectivity index (χ4n) is 0.907. The molecule has 0 aliphatic carbocycles. The van der Waals surface area contributed by atoms with Gasteiger partial charge in [0.1, 0.15) is 5.60 Å². The number of methoxy groups -OCH3 is 1. The fraction of sp³-hybridized carbons (Fsp3) is 0.556. The number of ether oxygens (including phenoxy) is 2. The normalized spacial score (nSPS) is 10.8. The number of nitrogens with one attached hydrogen (secondary N) is 2. The summed E-state index contributed by atoms with van der Waals surface area (Å²) < 4.78 is 9.40. The summed E-state index contributed by atoms with van der Waals surface area (Å²) in [5.41, 5.74) is -0.616. The van der Waals surface area contributed by atoms with Crippen LogP contribution < -0.4 is 5.32 Å². The summed E-state index contributed by atoms with van der Waals surface area (Å²) in [6, 6.07) is 0. The Morgan fingerprint density at radius 2 is 1.94 bits per heavy atom. The first-order valence-electron chi connectivity index (χ1n) is 4.83. The highest BCUT2D eigenvalue weighted by Gasteiger charge is 2.18. The van der Waals surface area contributed by atoms with Gasteiger partial charge in [0.15, 0.2) is 0 Å². The van der Waals surface area contributed by atoms with Gasteiger partial charge in [-0.3, -0.25) is 5.32 Å². The van der Waals surface area contributed by atoms with Crippen molar-refractivity contribution in [3.8, 4) is 0 Å². The van der Waals surface area contributed by atoms with Crippen LogP contribution in [0.25, 0.3) is 0 Å². The summed E-state index contributed by atoms with van der Waals surface area (Å²) in [6.45, 7) is 5.19. The van der Waals surface area contributed by atoms with E-state index in [-0.39, 0.29) is 11.8 Å². The van der Waals surface area contributed by atoms with Gasteiger partial charge in [-0.2, -0.15) is 0 Å². The van der Waals surface area contributed by atoms with Gasteiger partial charge in [-0.15, -0.1) is 10.2 Å². The molecule has 8 heteroatoms. The number of nitrogens with zero attached hydrogens (tertiary/aromatic N) is 2. The van der Waals surface area contributed by atoms with Crippen LogP contribution in [0.4, 0.5) is 10.7 Å². The SMILES string of the molecule is COC(=O)c1nnc(NC(=O)OC(C)(C)C)[nH]1. The maximum Gasteiger partial charge on any atom is 0.414 e. The van der Waals surface area contributed by atoms with Gasteiger partial charge in [0.05, 0.1) is 7.11 Å². The number of aromatic nitrogens is 3. The highest BCUT2D eigenvalue weighted by molar-refractivity contribution is 5.87. The molecule has 0 aliphatic rings. The van der Waals surface area contributed by atoms with E-state index in [0.29, 0.717) is 0 Å². The van der Waals surface area contributed by atoms with E-state index >= 15 is 0 Å². The molecule has 0 unspecified atom stereocenters. The van der Waals surface area contributed by atoms with E-state index in [9.17, 15) is 9.59 Å². The van der Waals surface area contributed by atoms with Crippen molar-refractivity contribution >= 4 is 18.0 Å². The van der Waals surface area contributed by atoms with E-state index < -0.39 is 17.7 Å². The fourth-order valence-corrected chi connectivity index (χ4v) is 0.907. The van der Waals surface area contributed by atoms with Crippen molar-refractivity contribution in [1.29, 1.82) is 0 Å². The summed E-state index contributed by atoms with van der Waals surface area (Å²) in [5.74, 6) is -0.757. The summed E-state index contributed by atoms with van der Waals surface area (Å²) in [5, 5.41) is 9.32. The smallest absolute Gasteiger partial charge is 0.414 e. The minimum atomic E-state index is -0.690. The van der Waals surface area contributed by atoms with Gasteiger partial charge in [0.25, 0.3) is 0 Å². The first-order chi connectivity index (χ1) is 7.81. The summed E-state index contributed by atoms with van der Waals surface area (Å²) in [7, 11) is 1.21. The van der Waals surface area contributed by atoms with Crippen LogP contribution in [-0.2, 0) is 9.47 Å². The van der Waals surface area contributed by atoms with Gasteiger partial charge in [-0.25, -0.2) is 9.59 Å². The zero-order valence-corrected chi connectivity index (χ0v) is 10.0. The molecule has 1 heterocycles. The Hall–Kier alpha value is -2.12. The molecule has 17 heavy (non-hydrogen) atoms. The van der Waals surface area contributed by atoms with Crippen LogP contribution in [0.15, 0.2) is 0 Å². The Bertz CT molecular complexity index is 421. The van der Waals surface area contributed by atoms with E-state index in [4.69, 9.17) is 4.74 Å². The monoisotopic (exact) mass is 242 g/mol. The van der Waals surface area contributed by atoms with E-state index in [0.717, 1.165) is 0 Å². The Kier molecular flexibility index (Phi) is 3.66. The zero-order valence-electron chi connectivity index (χ0n) is 10.0. The molecule has 0 fully saturated rings. The van der Waals surface area contributed by atoms with Crippen LogP contribution in [-0.4, -0.2) is 40.0 Å². The number of hydrogen-bond acceptors (Lipinski definition) is 6. The van der Waals surface area contributed by atoms with E-state index in [2.05, 4.69) is 25.2 Å². The third-order valence-electron chi connectivity index (χ3n) is 1.48. The highest BCUT2D eigenvalue weighted by Crippen LogP contribution is 2.08. The minimum absolute atomic E-state index is 0.0136. The maximum atomic E-state index is 11.3. The lowest BCUT2D eigenvalue weighted by atomic mass is 10.2. The number of amides is 1. The molecule has 0 saturated heterocycles. The van der Waals surface area contributed by atoms with Crippen LogP contribution >= 0.6 is 0 Å². The summed E-state index contributed by atoms with van der Waals surface area (Å²) in [6.07, 6.45) is -0.690. The molecule has 94 valence electrons. The van der Waals surface area contributed by atoms with Crippen LogP contribution in [0, 0.1) is 0 Å². The van der Waals surface area contributed by atoms with Crippen molar-refractivity contribution in [2.24, 2.45) is 0 Å². The van der Waals surface area contributed by atoms with Crippen LogP contribution in [0.3, 0.4) is 0 Å². The second-order valence-electron chi connectivity index (χ2n) is 4.14. The number of esters is 1. The lowest BCUT2D eigenvalue weighted by molar-refractivity contribution is 0.0584. The molecule has 1 amide bonds. The molecule has 0 aromatic carbocycles. The molecule has 0 aliphatic heterocycles. The zero-order chi connectivity index (χ0) is 13.1. The largest absolute Gasteiger partial charge is 0.463 e. The van der Waals surface area contributed by atoms with Crippen LogP contribution in [0.1, 0.15) is 31.4 Å². The molecule has 2 N–H and O–H groups in total. The molecule has 1 aromatic heterocycles. The van der Waals surface area contributed by atoms with Crippen molar-refractivity contribution in [3.05, 3.63) is 5.82 Å². The standard InChI is InChI=1S/C9H14N4O4/c1-9(2,3)17-8(15)11-7-10-5(12-13-7)6(14)16-4/h1-4H3,(H2,10,11,12,13,15). The molecule has 0 spiro atoms. The molecule has 1 rings (SSSR count). The molecule has 0 bridgehead atoms. The third-order valence-corrected chi connectivity index (χ3v) is 1.48. The topological polar surface area (TPSA) is 106 Å².